The maximum Gasteiger partial charge on any atom is 0.573 e. The maximum absolute atomic E-state index is 12.7. The van der Waals surface area contributed by atoms with E-state index in [4.69, 9.17) is 12.2 Å². The number of hydrogen-bond acceptors (Lipinski definition) is 8. The Kier molecular flexibility index (Phi) is 8.87. The summed E-state index contributed by atoms with van der Waals surface area (Å²) in [5.41, 5.74) is 6.39. The molecule has 1 N–H and O–H groups in total. The summed E-state index contributed by atoms with van der Waals surface area (Å²) in [4.78, 5) is 34.9. The van der Waals surface area contributed by atoms with Gasteiger partial charge in [-0.2, -0.15) is 10.1 Å². The molecule has 3 aromatic carbocycles. The molecule has 1 fully saturated rings. The number of ether oxygens (including phenoxy) is 1. The minimum absolute atomic E-state index is 0.0323. The van der Waals surface area contributed by atoms with Gasteiger partial charge in [0, 0.05) is 11.1 Å². The van der Waals surface area contributed by atoms with E-state index in [1.54, 1.807) is 36.4 Å². The minimum atomic E-state index is -4.77. The van der Waals surface area contributed by atoms with Crippen molar-refractivity contribution in [3.05, 3.63) is 89.7 Å². The number of Topliss-reactive ketones (excluding diaryl/α,β-unsaturated/α-hetero) is 1. The molecule has 5 rings (SSSR count). The lowest BCUT2D eigenvalue weighted by Gasteiger charge is -2.19. The molecule has 15 heteroatoms. The van der Waals surface area contributed by atoms with Gasteiger partial charge in [-0.05, 0) is 73.6 Å². The molecule has 0 unspecified atom stereocenters. The third-order valence-electron chi connectivity index (χ3n) is 6.11. The molecular formula is C29H22F3N7O3S2. The molecule has 224 valence electrons. The van der Waals surface area contributed by atoms with Crippen molar-refractivity contribution in [2.24, 2.45) is 10.1 Å². The Morgan fingerprint density at radius 2 is 1.84 bits per heavy atom. The lowest BCUT2D eigenvalue weighted by molar-refractivity contribution is -0.274. The number of hydrazone groups is 1. The molecule has 0 aliphatic carbocycles. The first-order valence-electron chi connectivity index (χ1n) is 12.8. The van der Waals surface area contributed by atoms with Gasteiger partial charge in [-0.1, -0.05) is 42.1 Å². The molecule has 2 heterocycles. The summed E-state index contributed by atoms with van der Waals surface area (Å²) in [7, 11) is 0. The van der Waals surface area contributed by atoms with Crippen LogP contribution in [0.4, 0.5) is 18.9 Å². The van der Waals surface area contributed by atoms with E-state index >= 15 is 0 Å². The number of halogens is 3. The zero-order valence-electron chi connectivity index (χ0n) is 23.1. The molecule has 44 heavy (non-hydrogen) atoms. The predicted octanol–water partition coefficient (Wildman–Crippen LogP) is 5.69. The summed E-state index contributed by atoms with van der Waals surface area (Å²) < 4.78 is 42.5. The Balaban J connectivity index is 1.22. The van der Waals surface area contributed by atoms with Crippen molar-refractivity contribution in [3.63, 3.8) is 0 Å². The van der Waals surface area contributed by atoms with Crippen molar-refractivity contribution in [2.45, 2.75) is 20.2 Å². The van der Waals surface area contributed by atoms with Gasteiger partial charge in [-0.15, -0.1) is 18.3 Å². The van der Waals surface area contributed by atoms with E-state index in [1.165, 1.54) is 65.1 Å². The number of thiocarbonyl (C=S) groups is 1. The van der Waals surface area contributed by atoms with E-state index in [0.717, 1.165) is 11.1 Å². The first kappa shape index (κ1) is 30.6. The van der Waals surface area contributed by atoms with Crippen LogP contribution in [-0.4, -0.2) is 55.1 Å². The van der Waals surface area contributed by atoms with Gasteiger partial charge < -0.3 is 4.74 Å². The van der Waals surface area contributed by atoms with Gasteiger partial charge in [0.1, 0.15) is 12.1 Å². The van der Waals surface area contributed by atoms with Gasteiger partial charge in [0.25, 0.3) is 0 Å². The van der Waals surface area contributed by atoms with E-state index in [0.29, 0.717) is 33.5 Å². The number of hydrogen-bond donors (Lipinski definition) is 1. The normalized spacial score (nSPS) is 14.4. The van der Waals surface area contributed by atoms with Gasteiger partial charge in [-0.3, -0.25) is 19.9 Å². The summed E-state index contributed by atoms with van der Waals surface area (Å²) >= 11 is 6.52. The monoisotopic (exact) mass is 637 g/mol. The molecule has 10 nitrogen and oxygen atoms in total. The van der Waals surface area contributed by atoms with Crippen molar-refractivity contribution in [1.29, 1.82) is 0 Å². The Bertz CT molecular complexity index is 1790. The molecule has 0 spiro atoms. The van der Waals surface area contributed by atoms with Crippen LogP contribution >= 0.6 is 24.0 Å². The summed E-state index contributed by atoms with van der Waals surface area (Å²) in [6.07, 6.45) is -1.78. The average molecular weight is 638 g/mol. The van der Waals surface area contributed by atoms with Crippen LogP contribution in [0.25, 0.3) is 17.1 Å². The smallest absolute Gasteiger partial charge is 0.406 e. The Morgan fingerprint density at radius 3 is 2.52 bits per heavy atom. The molecule has 1 aliphatic rings. The van der Waals surface area contributed by atoms with Crippen LogP contribution in [0.5, 0.6) is 5.75 Å². The number of amides is 1. The summed E-state index contributed by atoms with van der Waals surface area (Å²) in [5, 5.41) is 8.89. The molecule has 0 saturated carbocycles. The highest BCUT2D eigenvalue weighted by atomic mass is 32.2. The molecule has 1 amide bonds. The lowest BCUT2D eigenvalue weighted by Crippen LogP contribution is -2.32. The second-order valence-electron chi connectivity index (χ2n) is 9.34. The fourth-order valence-electron chi connectivity index (χ4n) is 4.12. The zero-order chi connectivity index (χ0) is 31.4. The molecule has 1 aliphatic heterocycles. The van der Waals surface area contributed by atoms with Crippen molar-refractivity contribution in [3.8, 4) is 22.8 Å². The molecule has 4 aromatic rings. The fraction of sp³-hybridized carbons (Fsp3) is 0.138. The number of alkyl halides is 3. The number of nitrogens with zero attached hydrogens (tertiary/aromatic N) is 6. The van der Waals surface area contributed by atoms with Gasteiger partial charge in [0.2, 0.25) is 11.0 Å². The zero-order valence-corrected chi connectivity index (χ0v) is 24.7. The van der Waals surface area contributed by atoms with Crippen molar-refractivity contribution >= 4 is 57.9 Å². The first-order valence-corrected chi connectivity index (χ1v) is 14.2. The summed E-state index contributed by atoms with van der Waals surface area (Å²) in [6, 6.07) is 17.7. The largest absolute Gasteiger partial charge is 0.573 e. The number of carbonyl (C=O) groups is 2. The lowest BCUT2D eigenvalue weighted by atomic mass is 10.1. The molecule has 1 aromatic heterocycles. The van der Waals surface area contributed by atoms with Gasteiger partial charge in [0.15, 0.2) is 16.8 Å². The Hall–Kier alpha value is -4.89. The van der Waals surface area contributed by atoms with Crippen LogP contribution in [0.1, 0.15) is 28.4 Å². The number of aliphatic imine (C=N–C) groups is 1. The van der Waals surface area contributed by atoms with Gasteiger partial charge in [-0.25, -0.2) is 9.67 Å². The molecule has 1 saturated heterocycles. The Labute approximate surface area is 258 Å². The van der Waals surface area contributed by atoms with E-state index in [1.807, 2.05) is 13.0 Å². The highest BCUT2D eigenvalue weighted by Gasteiger charge is 2.32. The predicted molar refractivity (Wildman–Crippen MR) is 165 cm³/mol. The second kappa shape index (κ2) is 12.8. The van der Waals surface area contributed by atoms with Gasteiger partial charge >= 0.3 is 6.36 Å². The summed E-state index contributed by atoms with van der Waals surface area (Å²) in [5.74, 6) is -0.132. The topological polar surface area (TPSA) is 114 Å². The molecule has 0 radical (unpaired) electrons. The number of anilines is 1. The number of nitrogens with one attached hydrogen (secondary N) is 1. The van der Waals surface area contributed by atoms with Crippen molar-refractivity contribution < 1.29 is 27.5 Å². The van der Waals surface area contributed by atoms with Crippen molar-refractivity contribution in [2.75, 3.05) is 10.7 Å². The number of rotatable bonds is 7. The van der Waals surface area contributed by atoms with Crippen LogP contribution in [0.15, 0.2) is 83.2 Å². The maximum atomic E-state index is 12.7. The van der Waals surface area contributed by atoms with Crippen molar-refractivity contribution in [1.82, 2.24) is 20.2 Å². The Morgan fingerprint density at radius 1 is 1.11 bits per heavy atom. The minimum Gasteiger partial charge on any atom is -0.406 e. The molecular weight excluding hydrogens is 615 g/mol. The highest BCUT2D eigenvalue weighted by molar-refractivity contribution is 8.15. The van der Waals surface area contributed by atoms with E-state index in [-0.39, 0.29) is 28.3 Å². The third-order valence-corrected chi connectivity index (χ3v) is 7.21. The number of amidine groups is 1. The number of benzene rings is 3. The van der Waals surface area contributed by atoms with E-state index in [9.17, 15) is 22.8 Å². The second-order valence-corrected chi connectivity index (χ2v) is 10.7. The first-order chi connectivity index (χ1) is 21.0. The standard InChI is InChI=1S/C29H22F3N7O3S2/c1-17-3-12-23(18(2)40)24(13-17)39-25(41)15-44-28(39)35-27(43)36-34-14-19-4-6-20(7-5-19)26-33-16-38(37-26)21-8-10-22(11-9-21)42-29(30,31)32/h3-14,16H,15H2,1-2H3,(H,36,43)/b34-14+,35-28-. The quantitative estimate of drug-likeness (QED) is 0.119. The van der Waals surface area contributed by atoms with E-state index < -0.39 is 6.36 Å². The number of aromatic nitrogens is 3. The van der Waals surface area contributed by atoms with Crippen LogP contribution in [0.3, 0.4) is 0 Å². The number of aryl methyl sites for hydroxylation is 1. The number of thioether (sulfide) groups is 1. The van der Waals surface area contributed by atoms with Gasteiger partial charge in [0.05, 0.1) is 23.3 Å². The third kappa shape index (κ3) is 7.36. The number of ketones is 1. The summed E-state index contributed by atoms with van der Waals surface area (Å²) in [6.45, 7) is 3.31. The molecule has 0 atom stereocenters. The van der Waals surface area contributed by atoms with Crippen LogP contribution < -0.4 is 15.1 Å². The van der Waals surface area contributed by atoms with Crippen LogP contribution in [0, 0.1) is 6.92 Å². The SMILES string of the molecule is CC(=O)c1ccc(C)cc1N1C(=O)CS/C1=N\C(=S)N/N=C/c1ccc(-c2ncn(-c3ccc(OC(F)(F)F)cc3)n2)cc1. The fourth-order valence-corrected chi connectivity index (χ4v) is 5.18. The van der Waals surface area contributed by atoms with Crippen LogP contribution in [0.2, 0.25) is 0 Å². The average Bonchev–Trinajstić information content (AvgIpc) is 3.60. The van der Waals surface area contributed by atoms with Crippen LogP contribution in [-0.2, 0) is 4.79 Å². The highest BCUT2D eigenvalue weighted by Crippen LogP contribution is 2.31. The van der Waals surface area contributed by atoms with E-state index in [2.05, 4.69) is 30.3 Å². The number of carbonyl (C=O) groups excluding carboxylic acids is 2. The molecule has 0 bridgehead atoms.